The second-order valence-electron chi connectivity index (χ2n) is 6.68. The highest BCUT2D eigenvalue weighted by atomic mass is 16.7. The lowest BCUT2D eigenvalue weighted by Gasteiger charge is -2.14. The van der Waals surface area contributed by atoms with Crippen LogP contribution in [0.25, 0.3) is 0 Å². The standard InChI is InChI=1S/C22H25NO6/c1-3-4-5-12-26-18-9-6-16(7-10-18)22(25)29-15(2)21(24)23-17-8-11-19-20(13-17)28-14-27-19/h6-11,13,15H,3-5,12,14H2,1-2H3,(H,23,24)/t15-/m0/s1. The molecule has 0 bridgehead atoms. The van der Waals surface area contributed by atoms with Gasteiger partial charge in [0.05, 0.1) is 12.2 Å². The number of ether oxygens (including phenoxy) is 4. The lowest BCUT2D eigenvalue weighted by atomic mass is 10.2. The van der Waals surface area contributed by atoms with Gasteiger partial charge in [0.1, 0.15) is 5.75 Å². The molecule has 1 N–H and O–H groups in total. The number of unbranched alkanes of at least 4 members (excludes halogenated alkanes) is 2. The van der Waals surface area contributed by atoms with E-state index in [2.05, 4.69) is 12.2 Å². The van der Waals surface area contributed by atoms with Crippen LogP contribution < -0.4 is 19.5 Å². The van der Waals surface area contributed by atoms with Gasteiger partial charge in [-0.3, -0.25) is 4.79 Å². The highest BCUT2D eigenvalue weighted by molar-refractivity contribution is 5.97. The van der Waals surface area contributed by atoms with Gasteiger partial charge in [0.2, 0.25) is 6.79 Å². The van der Waals surface area contributed by atoms with Crippen molar-refractivity contribution in [2.45, 2.75) is 39.2 Å². The van der Waals surface area contributed by atoms with Gasteiger partial charge in [-0.1, -0.05) is 19.8 Å². The maximum atomic E-state index is 12.3. The molecule has 0 spiro atoms. The summed E-state index contributed by atoms with van der Waals surface area (Å²) in [6.07, 6.45) is 2.29. The first-order valence-corrected chi connectivity index (χ1v) is 9.71. The number of nitrogens with one attached hydrogen (secondary N) is 1. The van der Waals surface area contributed by atoms with E-state index in [0.717, 1.165) is 19.3 Å². The molecule has 2 aromatic rings. The number of carbonyl (C=O) groups excluding carboxylic acids is 2. The zero-order valence-electron chi connectivity index (χ0n) is 16.6. The average molecular weight is 399 g/mol. The normalized spacial score (nSPS) is 12.9. The zero-order chi connectivity index (χ0) is 20.6. The van der Waals surface area contributed by atoms with Crippen LogP contribution in [-0.4, -0.2) is 31.4 Å². The second kappa shape index (κ2) is 9.82. The van der Waals surface area contributed by atoms with Crippen molar-refractivity contribution >= 4 is 17.6 Å². The summed E-state index contributed by atoms with van der Waals surface area (Å²) in [5, 5.41) is 2.70. The summed E-state index contributed by atoms with van der Waals surface area (Å²) in [7, 11) is 0. The van der Waals surface area contributed by atoms with Crippen LogP contribution >= 0.6 is 0 Å². The number of amides is 1. The Bertz CT molecular complexity index is 849. The third-order valence-corrected chi connectivity index (χ3v) is 4.40. The number of anilines is 1. The van der Waals surface area contributed by atoms with E-state index in [1.807, 2.05) is 0 Å². The number of carbonyl (C=O) groups is 2. The monoisotopic (exact) mass is 399 g/mol. The summed E-state index contributed by atoms with van der Waals surface area (Å²) in [4.78, 5) is 24.6. The van der Waals surface area contributed by atoms with Crippen LogP contribution in [0.1, 0.15) is 43.5 Å². The number of hydrogen-bond donors (Lipinski definition) is 1. The van der Waals surface area contributed by atoms with Gasteiger partial charge in [-0.05, 0) is 49.7 Å². The molecule has 1 atom stereocenters. The molecule has 1 heterocycles. The van der Waals surface area contributed by atoms with Crippen LogP contribution in [-0.2, 0) is 9.53 Å². The predicted molar refractivity (Wildman–Crippen MR) is 108 cm³/mol. The van der Waals surface area contributed by atoms with Crippen LogP contribution in [0.3, 0.4) is 0 Å². The first kappa shape index (κ1) is 20.5. The third-order valence-electron chi connectivity index (χ3n) is 4.40. The average Bonchev–Trinajstić information content (AvgIpc) is 3.19. The van der Waals surface area contributed by atoms with Gasteiger partial charge in [0.15, 0.2) is 17.6 Å². The van der Waals surface area contributed by atoms with Crippen LogP contribution in [0.5, 0.6) is 17.2 Å². The summed E-state index contributed by atoms with van der Waals surface area (Å²) in [6, 6.07) is 11.8. The number of hydrogen-bond acceptors (Lipinski definition) is 6. The highest BCUT2D eigenvalue weighted by Crippen LogP contribution is 2.34. The third kappa shape index (κ3) is 5.63. The minimum atomic E-state index is -0.960. The Kier molecular flexibility index (Phi) is 6.94. The Morgan fingerprint density at radius 1 is 1.07 bits per heavy atom. The summed E-state index contributed by atoms with van der Waals surface area (Å²) < 4.78 is 21.4. The molecule has 0 aliphatic carbocycles. The van der Waals surface area contributed by atoms with Gasteiger partial charge in [0.25, 0.3) is 5.91 Å². The molecule has 0 radical (unpaired) electrons. The summed E-state index contributed by atoms with van der Waals surface area (Å²) >= 11 is 0. The zero-order valence-corrected chi connectivity index (χ0v) is 16.6. The van der Waals surface area contributed by atoms with Crippen LogP contribution in [0, 0.1) is 0 Å². The van der Waals surface area contributed by atoms with Crippen molar-refractivity contribution in [2.75, 3.05) is 18.7 Å². The van der Waals surface area contributed by atoms with E-state index in [-0.39, 0.29) is 6.79 Å². The highest BCUT2D eigenvalue weighted by Gasteiger charge is 2.20. The van der Waals surface area contributed by atoms with Crippen molar-refractivity contribution in [1.82, 2.24) is 0 Å². The fraction of sp³-hybridized carbons (Fsp3) is 0.364. The molecule has 7 heteroatoms. The van der Waals surface area contributed by atoms with Crippen molar-refractivity contribution in [3.63, 3.8) is 0 Å². The van der Waals surface area contributed by atoms with Crippen LogP contribution in [0.15, 0.2) is 42.5 Å². The van der Waals surface area contributed by atoms with E-state index in [1.54, 1.807) is 42.5 Å². The Balaban J connectivity index is 1.49. The second-order valence-corrected chi connectivity index (χ2v) is 6.68. The molecule has 29 heavy (non-hydrogen) atoms. The number of esters is 1. The van der Waals surface area contributed by atoms with E-state index >= 15 is 0 Å². The fourth-order valence-corrected chi connectivity index (χ4v) is 2.73. The van der Waals surface area contributed by atoms with Crippen LogP contribution in [0.2, 0.25) is 0 Å². The molecule has 7 nitrogen and oxygen atoms in total. The van der Waals surface area contributed by atoms with Crippen molar-refractivity contribution in [3.05, 3.63) is 48.0 Å². The Morgan fingerprint density at radius 2 is 1.83 bits per heavy atom. The van der Waals surface area contributed by atoms with Crippen molar-refractivity contribution < 1.29 is 28.5 Å². The molecular weight excluding hydrogens is 374 g/mol. The lowest BCUT2D eigenvalue weighted by molar-refractivity contribution is -0.123. The van der Waals surface area contributed by atoms with Crippen molar-refractivity contribution in [2.24, 2.45) is 0 Å². The van der Waals surface area contributed by atoms with Gasteiger partial charge in [-0.2, -0.15) is 0 Å². The maximum Gasteiger partial charge on any atom is 0.338 e. The number of rotatable bonds is 9. The number of fused-ring (bicyclic) bond motifs is 1. The van der Waals surface area contributed by atoms with Crippen LogP contribution in [0.4, 0.5) is 5.69 Å². The largest absolute Gasteiger partial charge is 0.494 e. The molecule has 0 aromatic heterocycles. The summed E-state index contributed by atoms with van der Waals surface area (Å²) in [5.74, 6) is 0.875. The first-order valence-electron chi connectivity index (χ1n) is 9.71. The van der Waals surface area contributed by atoms with E-state index < -0.39 is 18.0 Å². The van der Waals surface area contributed by atoms with E-state index in [4.69, 9.17) is 18.9 Å². The summed E-state index contributed by atoms with van der Waals surface area (Å²) in [6.45, 7) is 4.46. The molecule has 2 aromatic carbocycles. The first-order chi connectivity index (χ1) is 14.1. The van der Waals surface area contributed by atoms with E-state index in [1.165, 1.54) is 6.92 Å². The van der Waals surface area contributed by atoms with Gasteiger partial charge < -0.3 is 24.3 Å². The van der Waals surface area contributed by atoms with E-state index in [0.29, 0.717) is 35.1 Å². The minimum absolute atomic E-state index is 0.156. The smallest absolute Gasteiger partial charge is 0.338 e. The molecule has 1 aliphatic heterocycles. The molecule has 0 fully saturated rings. The quantitative estimate of drug-likeness (QED) is 0.503. The van der Waals surface area contributed by atoms with Gasteiger partial charge in [0, 0.05) is 11.8 Å². The molecule has 1 amide bonds. The molecule has 0 unspecified atom stereocenters. The van der Waals surface area contributed by atoms with Gasteiger partial charge >= 0.3 is 5.97 Å². The Morgan fingerprint density at radius 3 is 2.59 bits per heavy atom. The summed E-state index contributed by atoms with van der Waals surface area (Å²) in [5.41, 5.74) is 0.889. The molecular formula is C22H25NO6. The fourth-order valence-electron chi connectivity index (χ4n) is 2.73. The Hall–Kier alpha value is -3.22. The molecule has 154 valence electrons. The molecule has 0 saturated carbocycles. The lowest BCUT2D eigenvalue weighted by Crippen LogP contribution is -2.30. The van der Waals surface area contributed by atoms with Gasteiger partial charge in [-0.15, -0.1) is 0 Å². The SMILES string of the molecule is CCCCCOc1ccc(C(=O)O[C@@H](C)C(=O)Nc2ccc3c(c2)OCO3)cc1. The predicted octanol–water partition coefficient (Wildman–Crippen LogP) is 4.17. The molecule has 1 aliphatic rings. The Labute approximate surface area is 169 Å². The van der Waals surface area contributed by atoms with Gasteiger partial charge in [-0.25, -0.2) is 4.79 Å². The minimum Gasteiger partial charge on any atom is -0.494 e. The van der Waals surface area contributed by atoms with Crippen molar-refractivity contribution in [3.8, 4) is 17.2 Å². The molecule has 3 rings (SSSR count). The van der Waals surface area contributed by atoms with E-state index in [9.17, 15) is 9.59 Å². The molecule has 0 saturated heterocycles. The maximum absolute atomic E-state index is 12.3. The van der Waals surface area contributed by atoms with Crippen molar-refractivity contribution in [1.29, 1.82) is 0 Å². The topological polar surface area (TPSA) is 83.1 Å². The number of benzene rings is 2.